The lowest BCUT2D eigenvalue weighted by Gasteiger charge is -2.23. The zero-order valence-electron chi connectivity index (χ0n) is 9.10. The number of hydrogen-bond acceptors (Lipinski definition) is 2. The first kappa shape index (κ1) is 12.6. The number of Topliss-reactive ketones (excluding diaryl/α,β-unsaturated/α-hetero) is 1. The fraction of sp³-hybridized carbons (Fsp3) is 0.909. The summed E-state index contributed by atoms with van der Waals surface area (Å²) in [6.45, 7) is 5.83. The molecular weight excluding hydrogens is 164 g/mol. The highest BCUT2D eigenvalue weighted by atomic mass is 16.3. The highest BCUT2D eigenvalue weighted by Crippen LogP contribution is 2.19. The van der Waals surface area contributed by atoms with Gasteiger partial charge in [0.05, 0.1) is 0 Å². The summed E-state index contributed by atoms with van der Waals surface area (Å²) in [4.78, 5) is 11.6. The Bertz CT molecular complexity index is 148. The topological polar surface area (TPSA) is 37.3 Å². The molecule has 0 aromatic heterocycles. The quantitative estimate of drug-likeness (QED) is 0.621. The normalized spacial score (nSPS) is 11.7. The van der Waals surface area contributed by atoms with Crippen LogP contribution in [0.1, 0.15) is 59.3 Å². The first-order chi connectivity index (χ1) is 6.10. The van der Waals surface area contributed by atoms with E-state index in [0.29, 0.717) is 19.3 Å². The Kier molecular flexibility index (Phi) is 5.97. The van der Waals surface area contributed by atoms with E-state index in [9.17, 15) is 9.90 Å². The third kappa shape index (κ3) is 3.90. The van der Waals surface area contributed by atoms with Crippen molar-refractivity contribution in [1.29, 1.82) is 0 Å². The maximum Gasteiger partial charge on any atom is 0.164 e. The fourth-order valence-electron chi connectivity index (χ4n) is 1.41. The Morgan fingerprint density at radius 1 is 1.15 bits per heavy atom. The van der Waals surface area contributed by atoms with Gasteiger partial charge in [0.25, 0.3) is 0 Å². The number of ketones is 1. The number of hydrogen-bond donors (Lipinski definition) is 1. The van der Waals surface area contributed by atoms with Gasteiger partial charge in [0, 0.05) is 6.42 Å². The molecule has 1 N–H and O–H groups in total. The molecule has 0 heterocycles. The van der Waals surface area contributed by atoms with Gasteiger partial charge in [0.2, 0.25) is 0 Å². The Hall–Kier alpha value is -0.370. The predicted molar refractivity (Wildman–Crippen MR) is 54.7 cm³/mol. The van der Waals surface area contributed by atoms with Gasteiger partial charge in [-0.05, 0) is 19.3 Å². The molecule has 0 bridgehead atoms. The van der Waals surface area contributed by atoms with Crippen molar-refractivity contribution in [3.63, 3.8) is 0 Å². The third-order valence-electron chi connectivity index (χ3n) is 2.70. The van der Waals surface area contributed by atoms with Crippen molar-refractivity contribution >= 4 is 5.78 Å². The van der Waals surface area contributed by atoms with Gasteiger partial charge < -0.3 is 5.11 Å². The summed E-state index contributed by atoms with van der Waals surface area (Å²) in [7, 11) is 0. The SMILES string of the molecule is CCCCCC(=O)C(O)(CC)CC. The lowest BCUT2D eigenvalue weighted by Crippen LogP contribution is -2.36. The maximum atomic E-state index is 11.6. The van der Waals surface area contributed by atoms with Gasteiger partial charge in [-0.25, -0.2) is 0 Å². The summed E-state index contributed by atoms with van der Waals surface area (Å²) in [6.07, 6.45) is 4.71. The van der Waals surface area contributed by atoms with Crippen molar-refractivity contribution in [2.24, 2.45) is 0 Å². The summed E-state index contributed by atoms with van der Waals surface area (Å²) in [6, 6.07) is 0. The van der Waals surface area contributed by atoms with Gasteiger partial charge >= 0.3 is 0 Å². The van der Waals surface area contributed by atoms with Crippen LogP contribution in [0.5, 0.6) is 0 Å². The Morgan fingerprint density at radius 2 is 1.69 bits per heavy atom. The standard InChI is InChI=1S/C11H22O2/c1-4-7-8-9-10(12)11(13,5-2)6-3/h13H,4-9H2,1-3H3. The fourth-order valence-corrected chi connectivity index (χ4v) is 1.41. The van der Waals surface area contributed by atoms with E-state index in [4.69, 9.17) is 0 Å². The molecule has 0 amide bonds. The van der Waals surface area contributed by atoms with Crippen LogP contribution in [0.15, 0.2) is 0 Å². The van der Waals surface area contributed by atoms with E-state index in [-0.39, 0.29) is 5.78 Å². The maximum absolute atomic E-state index is 11.6. The molecule has 0 unspecified atom stereocenters. The van der Waals surface area contributed by atoms with Crippen LogP contribution in [0, 0.1) is 0 Å². The largest absolute Gasteiger partial charge is 0.382 e. The molecule has 0 aliphatic heterocycles. The van der Waals surface area contributed by atoms with E-state index in [1.165, 1.54) is 0 Å². The lowest BCUT2D eigenvalue weighted by atomic mass is 9.89. The minimum atomic E-state index is -1.05. The number of aliphatic hydroxyl groups is 1. The van der Waals surface area contributed by atoms with Gasteiger partial charge in [0.1, 0.15) is 5.60 Å². The summed E-state index contributed by atoms with van der Waals surface area (Å²) in [5.41, 5.74) is -1.05. The molecule has 0 aromatic rings. The van der Waals surface area contributed by atoms with Crippen LogP contribution in [0.2, 0.25) is 0 Å². The number of carbonyl (C=O) groups excluding carboxylic acids is 1. The molecule has 0 atom stereocenters. The molecule has 0 aromatic carbocycles. The van der Waals surface area contributed by atoms with Gasteiger partial charge in [0.15, 0.2) is 5.78 Å². The van der Waals surface area contributed by atoms with Crippen LogP contribution >= 0.6 is 0 Å². The third-order valence-corrected chi connectivity index (χ3v) is 2.70. The average molecular weight is 186 g/mol. The summed E-state index contributed by atoms with van der Waals surface area (Å²) < 4.78 is 0. The summed E-state index contributed by atoms with van der Waals surface area (Å²) in [5.74, 6) is 0.0194. The average Bonchev–Trinajstić information content (AvgIpc) is 2.17. The number of carbonyl (C=O) groups is 1. The molecular formula is C11H22O2. The molecule has 78 valence electrons. The van der Waals surface area contributed by atoms with E-state index in [2.05, 4.69) is 6.92 Å². The van der Waals surface area contributed by atoms with Gasteiger partial charge in [-0.2, -0.15) is 0 Å². The second-order valence-corrected chi connectivity index (χ2v) is 3.62. The minimum Gasteiger partial charge on any atom is -0.382 e. The van der Waals surface area contributed by atoms with Crippen LogP contribution in [0.4, 0.5) is 0 Å². The van der Waals surface area contributed by atoms with Crippen LogP contribution in [0.3, 0.4) is 0 Å². The molecule has 0 radical (unpaired) electrons. The predicted octanol–water partition coefficient (Wildman–Crippen LogP) is 2.69. The second-order valence-electron chi connectivity index (χ2n) is 3.62. The summed E-state index contributed by atoms with van der Waals surface area (Å²) >= 11 is 0. The first-order valence-corrected chi connectivity index (χ1v) is 5.36. The van der Waals surface area contributed by atoms with Crippen LogP contribution in [-0.2, 0) is 4.79 Å². The molecule has 2 heteroatoms. The van der Waals surface area contributed by atoms with Gasteiger partial charge in [-0.3, -0.25) is 4.79 Å². The van der Waals surface area contributed by atoms with Gasteiger partial charge in [-0.15, -0.1) is 0 Å². The van der Waals surface area contributed by atoms with E-state index < -0.39 is 5.60 Å². The van der Waals surface area contributed by atoms with Crippen molar-refractivity contribution in [2.45, 2.75) is 64.9 Å². The minimum absolute atomic E-state index is 0.0194. The van der Waals surface area contributed by atoms with Crippen LogP contribution in [-0.4, -0.2) is 16.5 Å². The number of unbranched alkanes of at least 4 members (excludes halogenated alkanes) is 2. The molecule has 2 nitrogen and oxygen atoms in total. The first-order valence-electron chi connectivity index (χ1n) is 5.36. The molecule has 0 aliphatic carbocycles. The highest BCUT2D eigenvalue weighted by Gasteiger charge is 2.30. The van der Waals surface area contributed by atoms with Crippen LogP contribution in [0.25, 0.3) is 0 Å². The molecule has 0 saturated heterocycles. The van der Waals surface area contributed by atoms with Crippen molar-refractivity contribution in [3.05, 3.63) is 0 Å². The molecule has 0 aliphatic rings. The van der Waals surface area contributed by atoms with E-state index in [1.54, 1.807) is 0 Å². The van der Waals surface area contributed by atoms with Crippen molar-refractivity contribution in [3.8, 4) is 0 Å². The molecule has 0 saturated carbocycles. The second kappa shape index (κ2) is 6.14. The van der Waals surface area contributed by atoms with Crippen molar-refractivity contribution < 1.29 is 9.90 Å². The highest BCUT2D eigenvalue weighted by molar-refractivity contribution is 5.86. The Morgan fingerprint density at radius 3 is 2.08 bits per heavy atom. The Balaban J connectivity index is 3.92. The number of rotatable bonds is 7. The molecule has 0 spiro atoms. The van der Waals surface area contributed by atoms with Crippen molar-refractivity contribution in [2.75, 3.05) is 0 Å². The monoisotopic (exact) mass is 186 g/mol. The molecule has 0 rings (SSSR count). The van der Waals surface area contributed by atoms with E-state index >= 15 is 0 Å². The van der Waals surface area contributed by atoms with Crippen LogP contribution < -0.4 is 0 Å². The van der Waals surface area contributed by atoms with Gasteiger partial charge in [-0.1, -0.05) is 33.6 Å². The zero-order chi connectivity index (χ0) is 10.3. The zero-order valence-corrected chi connectivity index (χ0v) is 9.10. The van der Waals surface area contributed by atoms with E-state index in [0.717, 1.165) is 19.3 Å². The smallest absolute Gasteiger partial charge is 0.164 e. The lowest BCUT2D eigenvalue weighted by molar-refractivity contribution is -0.138. The molecule has 13 heavy (non-hydrogen) atoms. The molecule has 0 fully saturated rings. The summed E-state index contributed by atoms with van der Waals surface area (Å²) in [5, 5.41) is 9.85. The van der Waals surface area contributed by atoms with Crippen molar-refractivity contribution in [1.82, 2.24) is 0 Å². The van der Waals surface area contributed by atoms with E-state index in [1.807, 2.05) is 13.8 Å². The Labute approximate surface area is 81.3 Å².